The van der Waals surface area contributed by atoms with Crippen LogP contribution in [0.3, 0.4) is 0 Å². The Bertz CT molecular complexity index is 830. The molecule has 1 aliphatic heterocycles. The molecule has 5 nitrogen and oxygen atoms in total. The Morgan fingerprint density at radius 2 is 1.62 bits per heavy atom. The maximum Gasteiger partial charge on any atom is 0.335 e. The lowest BCUT2D eigenvalue weighted by Gasteiger charge is -2.38. The minimum atomic E-state index is -1.09. The van der Waals surface area contributed by atoms with Crippen LogP contribution >= 0.6 is 0 Å². The van der Waals surface area contributed by atoms with Crippen molar-refractivity contribution in [3.63, 3.8) is 0 Å². The fourth-order valence-corrected chi connectivity index (χ4v) is 3.11. The molecule has 7 heteroatoms. The van der Waals surface area contributed by atoms with Crippen molar-refractivity contribution in [1.29, 1.82) is 0 Å². The van der Waals surface area contributed by atoms with E-state index in [4.69, 9.17) is 9.84 Å². The Balaban J connectivity index is 1.91. The number of nitrogens with one attached hydrogen (secondary N) is 1. The zero-order valence-electron chi connectivity index (χ0n) is 13.8. The molecule has 0 spiro atoms. The number of carboxylic acids is 1. The van der Waals surface area contributed by atoms with E-state index in [1.54, 1.807) is 0 Å². The summed E-state index contributed by atoms with van der Waals surface area (Å²) < 4.78 is 33.0. The van der Waals surface area contributed by atoms with Gasteiger partial charge in [0.1, 0.15) is 11.6 Å². The smallest absolute Gasteiger partial charge is 0.335 e. The number of hydrogen-bond donors (Lipinski definition) is 2. The summed E-state index contributed by atoms with van der Waals surface area (Å²) in [7, 11) is 0. The van der Waals surface area contributed by atoms with Crippen LogP contribution in [-0.4, -0.2) is 30.2 Å². The average Bonchev–Trinajstić information content (AvgIpc) is 2.62. The van der Waals surface area contributed by atoms with Gasteiger partial charge in [-0.1, -0.05) is 6.07 Å². The molecule has 0 atom stereocenters. The molecule has 0 radical (unpaired) electrons. The van der Waals surface area contributed by atoms with E-state index in [9.17, 15) is 18.4 Å². The van der Waals surface area contributed by atoms with E-state index in [-0.39, 0.29) is 16.7 Å². The van der Waals surface area contributed by atoms with Crippen LogP contribution in [0.15, 0.2) is 42.5 Å². The minimum absolute atomic E-state index is 0.0620. The summed E-state index contributed by atoms with van der Waals surface area (Å²) in [5, 5.41) is 11.8. The molecular formula is C19H17F2NO4. The van der Waals surface area contributed by atoms with E-state index < -0.39 is 29.0 Å². The van der Waals surface area contributed by atoms with Gasteiger partial charge in [0.25, 0.3) is 5.91 Å². The third-order valence-corrected chi connectivity index (χ3v) is 4.54. The van der Waals surface area contributed by atoms with Crippen molar-refractivity contribution in [3.8, 4) is 0 Å². The Morgan fingerprint density at radius 1 is 1.00 bits per heavy atom. The van der Waals surface area contributed by atoms with Gasteiger partial charge in [-0.25, -0.2) is 13.6 Å². The van der Waals surface area contributed by atoms with Gasteiger partial charge in [0, 0.05) is 30.4 Å². The van der Waals surface area contributed by atoms with E-state index in [1.165, 1.54) is 30.3 Å². The third-order valence-electron chi connectivity index (χ3n) is 4.54. The molecule has 0 bridgehead atoms. The highest BCUT2D eigenvalue weighted by molar-refractivity contribution is 5.96. The van der Waals surface area contributed by atoms with Crippen molar-refractivity contribution < 1.29 is 28.2 Å². The van der Waals surface area contributed by atoms with Gasteiger partial charge >= 0.3 is 5.97 Å². The number of amides is 1. The highest BCUT2D eigenvalue weighted by atomic mass is 19.1. The quantitative estimate of drug-likeness (QED) is 0.877. The van der Waals surface area contributed by atoms with E-state index in [0.717, 1.165) is 12.1 Å². The summed E-state index contributed by atoms with van der Waals surface area (Å²) in [4.78, 5) is 23.6. The number of ether oxygens (including phenoxy) is 1. The first-order valence-corrected chi connectivity index (χ1v) is 8.10. The molecule has 136 valence electrons. The van der Waals surface area contributed by atoms with Gasteiger partial charge in [-0.15, -0.1) is 0 Å². The van der Waals surface area contributed by atoms with Crippen LogP contribution in [-0.2, 0) is 10.3 Å². The van der Waals surface area contributed by atoms with Crippen molar-refractivity contribution in [2.75, 3.05) is 13.2 Å². The van der Waals surface area contributed by atoms with Gasteiger partial charge < -0.3 is 15.2 Å². The summed E-state index contributed by atoms with van der Waals surface area (Å²) in [5.74, 6) is -2.98. The van der Waals surface area contributed by atoms with Crippen LogP contribution in [0.5, 0.6) is 0 Å². The Morgan fingerprint density at radius 3 is 2.19 bits per heavy atom. The largest absolute Gasteiger partial charge is 0.478 e. The molecule has 0 unspecified atom stereocenters. The van der Waals surface area contributed by atoms with Crippen LogP contribution in [0, 0.1) is 11.6 Å². The fourth-order valence-electron chi connectivity index (χ4n) is 3.11. The Kier molecular flexibility index (Phi) is 4.99. The van der Waals surface area contributed by atoms with Crippen LogP contribution in [0.4, 0.5) is 8.78 Å². The van der Waals surface area contributed by atoms with Crippen molar-refractivity contribution in [2.24, 2.45) is 0 Å². The second kappa shape index (κ2) is 7.21. The van der Waals surface area contributed by atoms with Crippen molar-refractivity contribution in [3.05, 3.63) is 70.8 Å². The molecule has 1 amide bonds. The third kappa shape index (κ3) is 3.57. The molecule has 26 heavy (non-hydrogen) atoms. The lowest BCUT2D eigenvalue weighted by atomic mass is 9.82. The summed E-state index contributed by atoms with van der Waals surface area (Å²) in [6, 6.07) is 8.73. The molecule has 0 aromatic heterocycles. The van der Waals surface area contributed by atoms with Gasteiger partial charge in [0.15, 0.2) is 0 Å². The first-order chi connectivity index (χ1) is 12.4. The summed E-state index contributed by atoms with van der Waals surface area (Å²) >= 11 is 0. The second-order valence-electron chi connectivity index (χ2n) is 6.16. The average molecular weight is 361 g/mol. The van der Waals surface area contributed by atoms with Crippen molar-refractivity contribution >= 4 is 11.9 Å². The molecule has 2 aromatic rings. The standard InChI is InChI=1S/C19H17F2NO4/c20-14-5-6-15(16(21)11-14)19(7-9-26-10-8-19)22-17(23)12-1-3-13(4-2-12)18(24)25/h1-6,11H,7-10H2,(H,22,23)(H,24,25). The normalized spacial score (nSPS) is 16.1. The highest BCUT2D eigenvalue weighted by Gasteiger charge is 2.38. The number of carbonyl (C=O) groups is 2. The van der Waals surface area contributed by atoms with Gasteiger partial charge in [0.05, 0.1) is 11.1 Å². The molecule has 2 aromatic carbocycles. The fraction of sp³-hybridized carbons (Fsp3) is 0.263. The topological polar surface area (TPSA) is 75.6 Å². The maximum absolute atomic E-state index is 14.4. The summed E-state index contributed by atoms with van der Waals surface area (Å²) in [6.45, 7) is 0.657. The molecule has 1 heterocycles. The molecule has 0 aliphatic carbocycles. The van der Waals surface area contributed by atoms with Gasteiger partial charge in [-0.2, -0.15) is 0 Å². The van der Waals surface area contributed by atoms with Crippen molar-refractivity contribution in [1.82, 2.24) is 5.32 Å². The van der Waals surface area contributed by atoms with Gasteiger partial charge in [-0.3, -0.25) is 4.79 Å². The SMILES string of the molecule is O=C(O)c1ccc(C(=O)NC2(c3ccc(F)cc3F)CCOCC2)cc1. The number of aromatic carboxylic acids is 1. The first-order valence-electron chi connectivity index (χ1n) is 8.10. The molecule has 1 aliphatic rings. The van der Waals surface area contributed by atoms with Crippen LogP contribution in [0.25, 0.3) is 0 Å². The first kappa shape index (κ1) is 18.0. The summed E-state index contributed by atoms with van der Waals surface area (Å²) in [5.41, 5.74) is -0.494. The predicted octanol–water partition coefficient (Wildman–Crippen LogP) is 3.10. The lowest BCUT2D eigenvalue weighted by Crippen LogP contribution is -2.50. The number of rotatable bonds is 4. The predicted molar refractivity (Wildman–Crippen MR) is 89.0 cm³/mol. The van der Waals surface area contributed by atoms with E-state index in [1.807, 2.05) is 0 Å². The zero-order valence-corrected chi connectivity index (χ0v) is 13.8. The van der Waals surface area contributed by atoms with Crippen LogP contribution < -0.4 is 5.32 Å². The molecule has 1 saturated heterocycles. The molecular weight excluding hydrogens is 344 g/mol. The van der Waals surface area contributed by atoms with E-state index in [0.29, 0.717) is 26.1 Å². The minimum Gasteiger partial charge on any atom is -0.478 e. The molecule has 0 saturated carbocycles. The van der Waals surface area contributed by atoms with Gasteiger partial charge in [-0.05, 0) is 43.2 Å². The van der Waals surface area contributed by atoms with Crippen LogP contribution in [0.1, 0.15) is 39.1 Å². The molecule has 1 fully saturated rings. The Hall–Kier alpha value is -2.80. The monoisotopic (exact) mass is 361 g/mol. The number of carbonyl (C=O) groups excluding carboxylic acids is 1. The molecule has 2 N–H and O–H groups in total. The van der Waals surface area contributed by atoms with E-state index >= 15 is 0 Å². The zero-order chi connectivity index (χ0) is 18.7. The second-order valence-corrected chi connectivity index (χ2v) is 6.16. The number of halogens is 2. The number of hydrogen-bond acceptors (Lipinski definition) is 3. The number of carboxylic acid groups (broad SMARTS) is 1. The summed E-state index contributed by atoms with van der Waals surface area (Å²) in [6.07, 6.45) is 0.684. The van der Waals surface area contributed by atoms with Crippen molar-refractivity contribution in [2.45, 2.75) is 18.4 Å². The highest BCUT2D eigenvalue weighted by Crippen LogP contribution is 2.34. The Labute approximate surface area is 148 Å². The maximum atomic E-state index is 14.4. The van der Waals surface area contributed by atoms with Crippen LogP contribution in [0.2, 0.25) is 0 Å². The lowest BCUT2D eigenvalue weighted by molar-refractivity contribution is 0.0333. The molecule has 3 rings (SSSR count). The van der Waals surface area contributed by atoms with Gasteiger partial charge in [0.2, 0.25) is 0 Å². The number of benzene rings is 2. The van der Waals surface area contributed by atoms with E-state index in [2.05, 4.69) is 5.32 Å².